The summed E-state index contributed by atoms with van der Waals surface area (Å²) in [4.78, 5) is 45.4. The van der Waals surface area contributed by atoms with Gasteiger partial charge in [0.2, 0.25) is 11.8 Å². The number of carboxylic acid groups (broad SMARTS) is 1. The van der Waals surface area contributed by atoms with E-state index in [-0.39, 0.29) is 30.3 Å². The molecule has 1 N–H and O–H groups in total. The second kappa shape index (κ2) is 13.7. The lowest BCUT2D eigenvalue weighted by atomic mass is 9.83. The van der Waals surface area contributed by atoms with Crippen LogP contribution in [-0.4, -0.2) is 104 Å². The number of hydrogen-bond acceptors (Lipinski definition) is 5. The molecule has 0 aliphatic carbocycles. The molecule has 3 aliphatic heterocycles. The highest BCUT2D eigenvalue weighted by Gasteiger charge is 2.47. The number of benzene rings is 2. The maximum Gasteiger partial charge on any atom is 0.308 e. The predicted octanol–water partition coefficient (Wildman–Crippen LogP) is 4.14. The number of hydrogen-bond donors (Lipinski definition) is 1. The molecular formula is C35H49N4O5+. The van der Waals surface area contributed by atoms with Crippen LogP contribution in [0.4, 0.5) is 5.69 Å². The maximum absolute atomic E-state index is 14.2. The number of rotatable bonds is 13. The number of ether oxygens (including phenoxy) is 1. The quantitative estimate of drug-likeness (QED) is 0.345. The van der Waals surface area contributed by atoms with Crippen molar-refractivity contribution in [2.75, 3.05) is 65.4 Å². The standard InChI is InChI=1S/C35H48N4O5/c1-5-6-17-38(28-10-7-9-25(20-28)24-39(2,3)4)33(41)23-37-22-29(26-12-13-31-27(21-26)15-19-44-31)34(35(42)43)30(37)14-18-36-16-8-11-32(36)40/h7,9-10,12-13,20-21,29-30,34H,5-6,8,11,14-19,22-24H2,1-4H3/p+1. The highest BCUT2D eigenvalue weighted by molar-refractivity contribution is 5.95. The van der Waals surface area contributed by atoms with Crippen molar-refractivity contribution in [2.24, 2.45) is 5.92 Å². The summed E-state index contributed by atoms with van der Waals surface area (Å²) in [5, 5.41) is 10.6. The Kier molecular flexibility index (Phi) is 9.95. The normalized spacial score (nSPS) is 21.9. The van der Waals surface area contributed by atoms with Crippen molar-refractivity contribution in [3.63, 3.8) is 0 Å². The minimum Gasteiger partial charge on any atom is -0.493 e. The van der Waals surface area contributed by atoms with E-state index in [2.05, 4.69) is 51.2 Å². The van der Waals surface area contributed by atoms with Crippen molar-refractivity contribution >= 4 is 23.5 Å². The van der Waals surface area contributed by atoms with Gasteiger partial charge in [-0.05, 0) is 48.6 Å². The molecule has 0 bridgehead atoms. The zero-order valence-corrected chi connectivity index (χ0v) is 26.8. The Bertz CT molecular complexity index is 1350. The molecule has 9 heteroatoms. The molecule has 3 atom stereocenters. The van der Waals surface area contributed by atoms with Gasteiger partial charge in [-0.1, -0.05) is 37.6 Å². The van der Waals surface area contributed by atoms with Crippen LogP contribution in [0, 0.1) is 5.92 Å². The number of likely N-dealkylation sites (tertiary alicyclic amines) is 2. The first kappa shape index (κ1) is 32.0. The summed E-state index contributed by atoms with van der Waals surface area (Å²) >= 11 is 0. The van der Waals surface area contributed by atoms with Crippen LogP contribution in [0.1, 0.15) is 61.6 Å². The molecule has 0 radical (unpaired) electrons. The summed E-state index contributed by atoms with van der Waals surface area (Å²) in [5.74, 6) is -0.813. The van der Waals surface area contributed by atoms with Gasteiger partial charge in [0, 0.05) is 62.2 Å². The van der Waals surface area contributed by atoms with Gasteiger partial charge in [0.05, 0.1) is 40.2 Å². The van der Waals surface area contributed by atoms with E-state index in [1.165, 1.54) is 5.56 Å². The monoisotopic (exact) mass is 605 g/mol. The third kappa shape index (κ3) is 7.44. The molecule has 0 aromatic heterocycles. The smallest absolute Gasteiger partial charge is 0.308 e. The second-order valence-corrected chi connectivity index (χ2v) is 13.7. The number of amides is 2. The fourth-order valence-electron chi connectivity index (χ4n) is 7.20. The minimum absolute atomic E-state index is 0.0183. The van der Waals surface area contributed by atoms with Crippen LogP contribution in [-0.2, 0) is 27.3 Å². The van der Waals surface area contributed by atoms with E-state index < -0.39 is 11.9 Å². The average Bonchev–Trinajstić information content (AvgIpc) is 3.69. The SMILES string of the molecule is CCCCN(C(=O)CN1CC(c2ccc3c(c2)CCO3)C(C(=O)O)C1CCN1CCCC1=O)c1cccc(C[N+](C)(C)C)c1. The van der Waals surface area contributed by atoms with Gasteiger partial charge in [-0.25, -0.2) is 0 Å². The lowest BCUT2D eigenvalue weighted by molar-refractivity contribution is -0.884. The lowest BCUT2D eigenvalue weighted by Crippen LogP contribution is -2.45. The van der Waals surface area contributed by atoms with Crippen LogP contribution in [0.3, 0.4) is 0 Å². The number of quaternary nitrogens is 1. The number of carbonyl (C=O) groups is 3. The number of unbranched alkanes of at least 4 members (excludes halogenated alkanes) is 1. The van der Waals surface area contributed by atoms with Crippen molar-refractivity contribution in [3.05, 3.63) is 59.2 Å². The fourth-order valence-corrected chi connectivity index (χ4v) is 7.20. The van der Waals surface area contributed by atoms with Gasteiger partial charge in [-0.2, -0.15) is 0 Å². The van der Waals surface area contributed by atoms with Crippen molar-refractivity contribution in [2.45, 2.75) is 64.0 Å². The average molecular weight is 606 g/mol. The minimum atomic E-state index is -0.852. The summed E-state index contributed by atoms with van der Waals surface area (Å²) < 4.78 is 6.50. The zero-order valence-electron chi connectivity index (χ0n) is 26.8. The second-order valence-electron chi connectivity index (χ2n) is 13.7. The van der Waals surface area contributed by atoms with E-state index in [1.807, 2.05) is 34.1 Å². The number of fused-ring (bicyclic) bond motifs is 1. The van der Waals surface area contributed by atoms with E-state index in [0.717, 1.165) is 59.3 Å². The van der Waals surface area contributed by atoms with Gasteiger partial charge in [0.15, 0.2) is 0 Å². The highest BCUT2D eigenvalue weighted by atomic mass is 16.5. The van der Waals surface area contributed by atoms with Crippen molar-refractivity contribution in [3.8, 4) is 5.75 Å². The van der Waals surface area contributed by atoms with Gasteiger partial charge in [0.25, 0.3) is 0 Å². The number of anilines is 1. The molecule has 0 spiro atoms. The Hall–Kier alpha value is -3.43. The van der Waals surface area contributed by atoms with Crippen LogP contribution >= 0.6 is 0 Å². The molecule has 5 rings (SSSR count). The summed E-state index contributed by atoms with van der Waals surface area (Å²) in [6.07, 6.45) is 4.57. The summed E-state index contributed by atoms with van der Waals surface area (Å²) in [5.41, 5.74) is 4.15. The van der Waals surface area contributed by atoms with Crippen molar-refractivity contribution in [1.82, 2.24) is 9.80 Å². The number of aliphatic carboxylic acids is 1. The third-order valence-electron chi connectivity index (χ3n) is 9.30. The van der Waals surface area contributed by atoms with Gasteiger partial charge in [0.1, 0.15) is 12.3 Å². The van der Waals surface area contributed by atoms with E-state index in [4.69, 9.17) is 4.74 Å². The highest BCUT2D eigenvalue weighted by Crippen LogP contribution is 2.41. The zero-order chi connectivity index (χ0) is 31.4. The third-order valence-corrected chi connectivity index (χ3v) is 9.30. The molecule has 0 saturated carbocycles. The molecule has 2 saturated heterocycles. The molecule has 2 aromatic rings. The van der Waals surface area contributed by atoms with Gasteiger partial charge in [-0.3, -0.25) is 19.3 Å². The first-order valence-corrected chi connectivity index (χ1v) is 16.2. The Labute approximate surface area is 262 Å². The first-order chi connectivity index (χ1) is 21.0. The van der Waals surface area contributed by atoms with Gasteiger partial charge in [-0.15, -0.1) is 0 Å². The van der Waals surface area contributed by atoms with E-state index in [1.54, 1.807) is 0 Å². The molecular weight excluding hydrogens is 556 g/mol. The summed E-state index contributed by atoms with van der Waals surface area (Å²) in [6, 6.07) is 13.9. The van der Waals surface area contributed by atoms with Crippen LogP contribution in [0.25, 0.3) is 0 Å². The Morgan fingerprint density at radius 3 is 2.64 bits per heavy atom. The summed E-state index contributed by atoms with van der Waals surface area (Å²) in [7, 11) is 6.46. The largest absolute Gasteiger partial charge is 0.493 e. The van der Waals surface area contributed by atoms with Gasteiger partial charge >= 0.3 is 5.97 Å². The van der Waals surface area contributed by atoms with Crippen LogP contribution < -0.4 is 9.64 Å². The summed E-state index contributed by atoms with van der Waals surface area (Å²) in [6.45, 7) is 6.06. The van der Waals surface area contributed by atoms with Crippen molar-refractivity contribution < 1.29 is 28.7 Å². The van der Waals surface area contributed by atoms with Crippen LogP contribution in [0.15, 0.2) is 42.5 Å². The maximum atomic E-state index is 14.2. The molecule has 3 unspecified atom stereocenters. The Morgan fingerprint density at radius 2 is 1.93 bits per heavy atom. The first-order valence-electron chi connectivity index (χ1n) is 16.2. The van der Waals surface area contributed by atoms with E-state index >= 15 is 0 Å². The lowest BCUT2D eigenvalue weighted by Gasteiger charge is -2.31. The molecule has 238 valence electrons. The Morgan fingerprint density at radius 1 is 1.11 bits per heavy atom. The molecule has 3 aliphatic rings. The number of carbonyl (C=O) groups excluding carboxylic acids is 2. The Balaban J connectivity index is 1.42. The fraction of sp³-hybridized carbons (Fsp3) is 0.571. The van der Waals surface area contributed by atoms with Crippen LogP contribution in [0.5, 0.6) is 5.75 Å². The topological polar surface area (TPSA) is 90.4 Å². The van der Waals surface area contributed by atoms with E-state index in [9.17, 15) is 19.5 Å². The van der Waals surface area contributed by atoms with E-state index in [0.29, 0.717) is 45.6 Å². The molecule has 44 heavy (non-hydrogen) atoms. The van der Waals surface area contributed by atoms with Gasteiger partial charge < -0.3 is 24.1 Å². The van der Waals surface area contributed by atoms with Crippen molar-refractivity contribution in [1.29, 1.82) is 0 Å². The number of nitrogens with zero attached hydrogens (tertiary/aromatic N) is 4. The molecule has 9 nitrogen and oxygen atoms in total. The molecule has 2 amide bonds. The molecule has 2 fully saturated rings. The molecule has 3 heterocycles. The number of carboxylic acids is 1. The predicted molar refractivity (Wildman–Crippen MR) is 171 cm³/mol. The van der Waals surface area contributed by atoms with Crippen LogP contribution in [0.2, 0.25) is 0 Å². The molecule has 2 aromatic carbocycles.